The van der Waals surface area contributed by atoms with Crippen molar-refractivity contribution >= 4 is 21.8 Å². The summed E-state index contributed by atoms with van der Waals surface area (Å²) >= 11 is 0. The van der Waals surface area contributed by atoms with Crippen LogP contribution in [0.4, 0.5) is 0 Å². The predicted molar refractivity (Wildman–Crippen MR) is 291 cm³/mol. The molecule has 0 aliphatic rings. The minimum Gasteiger partial charge on any atom is -0.510 e. The van der Waals surface area contributed by atoms with Gasteiger partial charge < -0.3 is 13.9 Å². The Labute approximate surface area is 438 Å². The molecule has 9 aromatic rings. The Bertz CT molecular complexity index is 3360. The monoisotopic (exact) mass is 1120 g/mol. The zero-order chi connectivity index (χ0) is 50.1. The quantitative estimate of drug-likeness (QED) is 0.101. The van der Waals surface area contributed by atoms with Crippen molar-refractivity contribution < 1.29 is 30.4 Å². The maximum atomic E-state index is 7.12. The van der Waals surface area contributed by atoms with Crippen LogP contribution in [0.1, 0.15) is 155 Å². The maximum absolute atomic E-state index is 7.12. The van der Waals surface area contributed by atoms with Crippen LogP contribution < -0.4 is 9.30 Å². The maximum Gasteiger partial charge on any atom is 0.267 e. The molecule has 5 nitrogen and oxygen atoms in total. The van der Waals surface area contributed by atoms with Gasteiger partial charge in [-0.1, -0.05) is 188 Å². The molecule has 0 saturated carbocycles. The van der Waals surface area contributed by atoms with Crippen molar-refractivity contribution in [1.82, 2.24) is 14.1 Å². The van der Waals surface area contributed by atoms with Crippen LogP contribution in [0, 0.1) is 18.5 Å². The first-order valence-corrected chi connectivity index (χ1v) is 25.1. The number of hydrogen-bond acceptors (Lipinski definition) is 2. The molecular formula is C65H70N4OPt-2. The van der Waals surface area contributed by atoms with E-state index in [0.717, 1.165) is 44.6 Å². The summed E-state index contributed by atoms with van der Waals surface area (Å²) in [7, 11) is 0. The van der Waals surface area contributed by atoms with Gasteiger partial charge in [0.25, 0.3) is 6.33 Å². The molecular weight excluding hydrogens is 1050 g/mol. The second-order valence-corrected chi connectivity index (χ2v) is 23.4. The standard InChI is InChI=1S/C65H70N4O.Pt/c1-42(2)52-28-22-29-53(43(3)4)59(52)44-35-49(68-41-67(48-26-21-25-46(37-48)62(5,6)7)60(63(8,9)10)61(68)64(11,12)13)39-51(36-44)70-50-31-32-55-54-27-19-20-30-56(54)69(57(55)40-50)58-38-47(33-34-66-58)65(14,15)45-23-17-16-18-24-45;/h16-38,42-43H,1-15H3;/q-2;. The van der Waals surface area contributed by atoms with Crippen LogP contribution >= 0.6 is 0 Å². The summed E-state index contributed by atoms with van der Waals surface area (Å²) in [5.41, 5.74) is 14.1. The predicted octanol–water partition coefficient (Wildman–Crippen LogP) is 16.6. The largest absolute Gasteiger partial charge is 0.510 e. The van der Waals surface area contributed by atoms with E-state index in [1.165, 1.54) is 44.8 Å². The fourth-order valence-electron chi connectivity index (χ4n) is 10.2. The summed E-state index contributed by atoms with van der Waals surface area (Å²) in [6.45, 7) is 34.4. The second kappa shape index (κ2) is 19.2. The number of fused-ring (bicyclic) bond motifs is 3. The molecule has 0 N–H and O–H groups in total. The Hall–Kier alpha value is -6.03. The first-order valence-electron chi connectivity index (χ1n) is 25.1. The van der Waals surface area contributed by atoms with Crippen molar-refractivity contribution in [3.63, 3.8) is 0 Å². The van der Waals surface area contributed by atoms with Crippen LogP contribution in [0.5, 0.6) is 11.5 Å². The van der Waals surface area contributed by atoms with E-state index in [9.17, 15) is 0 Å². The summed E-state index contributed by atoms with van der Waals surface area (Å²) < 4.78 is 13.9. The van der Waals surface area contributed by atoms with Crippen molar-refractivity contribution in [2.75, 3.05) is 0 Å². The van der Waals surface area contributed by atoms with Crippen LogP contribution in [0.15, 0.2) is 140 Å². The third kappa shape index (κ3) is 9.84. The van der Waals surface area contributed by atoms with E-state index in [0.29, 0.717) is 23.3 Å². The number of imidazole rings is 1. The molecule has 0 radical (unpaired) electrons. The zero-order valence-electron chi connectivity index (χ0n) is 44.4. The van der Waals surface area contributed by atoms with E-state index in [1.807, 2.05) is 12.3 Å². The first-order chi connectivity index (χ1) is 33.0. The summed E-state index contributed by atoms with van der Waals surface area (Å²) in [5, 5.41) is 2.21. The van der Waals surface area contributed by atoms with E-state index in [4.69, 9.17) is 9.72 Å². The van der Waals surface area contributed by atoms with Gasteiger partial charge in [-0.3, -0.25) is 4.57 Å². The summed E-state index contributed by atoms with van der Waals surface area (Å²) in [6.07, 6.45) is 5.87. The summed E-state index contributed by atoms with van der Waals surface area (Å²) in [4.78, 5) is 5.02. The van der Waals surface area contributed by atoms with E-state index < -0.39 is 0 Å². The SMILES string of the molecule is CC(C)c1cccc(C(C)C)c1-c1cc(Oc2[c-]c3c(cc2)c2ccccc2n3-c2cc(C(C)(C)c3ccccc3)ccn2)[c-]c(-n2[c-][n+](-c3cccc(C(C)(C)C)c3)c(C(C)(C)C)c2C(C)(C)C)c1.[Pt]. The number of nitrogens with zero attached hydrogens (tertiary/aromatic N) is 4. The number of benzene rings is 6. The molecule has 6 aromatic carbocycles. The van der Waals surface area contributed by atoms with Gasteiger partial charge in [-0.2, -0.15) is 12.1 Å². The smallest absolute Gasteiger partial charge is 0.267 e. The van der Waals surface area contributed by atoms with Gasteiger partial charge in [0.1, 0.15) is 5.82 Å². The van der Waals surface area contributed by atoms with Gasteiger partial charge in [0.2, 0.25) is 0 Å². The third-order valence-corrected chi connectivity index (χ3v) is 14.0. The van der Waals surface area contributed by atoms with Gasteiger partial charge in [0, 0.05) is 49.7 Å². The van der Waals surface area contributed by atoms with Crippen LogP contribution in [-0.2, 0) is 42.7 Å². The van der Waals surface area contributed by atoms with Gasteiger partial charge in [0.15, 0.2) is 0 Å². The Kier molecular flexibility index (Phi) is 13.9. The molecule has 0 spiro atoms. The molecule has 9 rings (SSSR count). The number of pyridine rings is 1. The molecule has 0 atom stereocenters. The van der Waals surface area contributed by atoms with Gasteiger partial charge in [0.05, 0.1) is 17.1 Å². The van der Waals surface area contributed by atoms with Crippen molar-refractivity contribution in [1.29, 1.82) is 0 Å². The molecule has 0 aliphatic heterocycles. The normalized spacial score (nSPS) is 12.6. The fourth-order valence-corrected chi connectivity index (χ4v) is 10.2. The average Bonchev–Trinajstić information content (AvgIpc) is 3.90. The van der Waals surface area contributed by atoms with Crippen molar-refractivity contribution in [2.45, 2.75) is 137 Å². The Balaban J connectivity index is 0.00000676. The molecule has 6 heteroatoms. The number of hydrogen-bond donors (Lipinski definition) is 0. The molecule has 3 heterocycles. The van der Waals surface area contributed by atoms with E-state index in [1.54, 1.807) is 0 Å². The van der Waals surface area contributed by atoms with Gasteiger partial charge >= 0.3 is 0 Å². The summed E-state index contributed by atoms with van der Waals surface area (Å²) in [5.74, 6) is 2.61. The molecule has 368 valence electrons. The minimum atomic E-state index is -0.274. The molecule has 0 bridgehead atoms. The molecule has 0 amide bonds. The number of aromatic nitrogens is 4. The van der Waals surface area contributed by atoms with E-state index in [-0.39, 0.29) is 42.7 Å². The van der Waals surface area contributed by atoms with Crippen LogP contribution in [0.2, 0.25) is 0 Å². The Morgan fingerprint density at radius 1 is 0.563 bits per heavy atom. The molecule has 3 aromatic heterocycles. The van der Waals surface area contributed by atoms with Crippen molar-refractivity contribution in [2.24, 2.45) is 0 Å². The minimum absolute atomic E-state index is 0. The topological polar surface area (TPSA) is 35.9 Å². The molecule has 0 saturated heterocycles. The number of rotatable bonds is 10. The van der Waals surface area contributed by atoms with Gasteiger partial charge in [-0.15, -0.1) is 35.2 Å². The van der Waals surface area contributed by atoms with Crippen LogP contribution in [0.25, 0.3) is 50.1 Å². The number of ether oxygens (including phenoxy) is 1. The molecule has 0 fully saturated rings. The summed E-state index contributed by atoms with van der Waals surface area (Å²) in [6, 6.07) is 55.6. The molecule has 0 unspecified atom stereocenters. The van der Waals surface area contributed by atoms with E-state index >= 15 is 0 Å². The molecule has 0 aliphatic carbocycles. The second-order valence-electron chi connectivity index (χ2n) is 23.4. The Morgan fingerprint density at radius 2 is 1.21 bits per heavy atom. The Morgan fingerprint density at radius 3 is 1.86 bits per heavy atom. The average molecular weight is 1120 g/mol. The zero-order valence-corrected chi connectivity index (χ0v) is 46.7. The van der Waals surface area contributed by atoms with Crippen molar-refractivity contribution in [3.8, 4) is 39.8 Å². The van der Waals surface area contributed by atoms with Crippen LogP contribution in [-0.4, -0.2) is 14.1 Å². The molecule has 71 heavy (non-hydrogen) atoms. The third-order valence-electron chi connectivity index (χ3n) is 14.0. The van der Waals surface area contributed by atoms with Crippen molar-refractivity contribution in [3.05, 3.63) is 197 Å². The fraction of sp³-hybridized carbons (Fsp3) is 0.323. The number of para-hydroxylation sites is 1. The first kappa shape index (κ1) is 51.3. The van der Waals surface area contributed by atoms with Gasteiger partial charge in [-0.05, 0) is 103 Å². The van der Waals surface area contributed by atoms with Crippen LogP contribution in [0.3, 0.4) is 0 Å². The van der Waals surface area contributed by atoms with E-state index in [2.05, 4.69) is 263 Å². The van der Waals surface area contributed by atoms with Gasteiger partial charge in [-0.25, -0.2) is 4.98 Å².